The molecule has 6 heteroatoms. The zero-order valence-corrected chi connectivity index (χ0v) is 17.2. The summed E-state index contributed by atoms with van der Waals surface area (Å²) in [6.45, 7) is 1.42. The number of nitrogens with one attached hydrogen (secondary N) is 2. The molecule has 0 radical (unpaired) electrons. The fraction of sp³-hybridized carbons (Fsp3) is 0.208. The van der Waals surface area contributed by atoms with Gasteiger partial charge in [-0.25, -0.2) is 4.68 Å². The second-order valence-electron chi connectivity index (χ2n) is 7.78. The summed E-state index contributed by atoms with van der Waals surface area (Å²) in [5.74, 6) is -0.0668. The largest absolute Gasteiger partial charge is 0.340 e. The molecule has 4 rings (SSSR count). The van der Waals surface area contributed by atoms with Gasteiger partial charge in [0, 0.05) is 5.56 Å². The maximum atomic E-state index is 12.9. The van der Waals surface area contributed by atoms with E-state index in [1.807, 2.05) is 71.4 Å². The lowest BCUT2D eigenvalue weighted by Gasteiger charge is -2.21. The number of fused-ring (bicyclic) bond motifs is 1. The van der Waals surface area contributed by atoms with E-state index in [2.05, 4.69) is 41.9 Å². The van der Waals surface area contributed by atoms with Crippen LogP contribution in [0.4, 0.5) is 0 Å². The van der Waals surface area contributed by atoms with Crippen molar-refractivity contribution >= 4 is 16.9 Å². The summed E-state index contributed by atoms with van der Waals surface area (Å²) in [6.07, 6.45) is 0. The van der Waals surface area contributed by atoms with E-state index in [4.69, 9.17) is 0 Å². The van der Waals surface area contributed by atoms with E-state index >= 15 is 0 Å². The van der Waals surface area contributed by atoms with E-state index in [0.717, 1.165) is 28.7 Å². The number of aromatic nitrogens is 3. The van der Waals surface area contributed by atoms with Crippen molar-refractivity contribution in [3.05, 3.63) is 95.6 Å². The zero-order valence-electron chi connectivity index (χ0n) is 17.2. The Kier molecular flexibility index (Phi) is 5.86. The minimum atomic E-state index is -0.0668. The van der Waals surface area contributed by atoms with E-state index in [1.165, 1.54) is 4.90 Å². The highest BCUT2D eigenvalue weighted by atomic mass is 16.1. The number of amides is 1. The molecule has 0 saturated carbocycles. The number of carbonyl (C=O) groups is 1. The van der Waals surface area contributed by atoms with Crippen LogP contribution in [0, 0.1) is 0 Å². The smallest absolute Gasteiger partial charge is 0.251 e. The molecule has 30 heavy (non-hydrogen) atoms. The molecular formula is C24H26N5O+. The van der Waals surface area contributed by atoms with Crippen LogP contribution >= 0.6 is 0 Å². The lowest BCUT2D eigenvalue weighted by Crippen LogP contribution is -3.06. The third-order valence-corrected chi connectivity index (χ3v) is 5.09. The lowest BCUT2D eigenvalue weighted by molar-refractivity contribution is -0.860. The summed E-state index contributed by atoms with van der Waals surface area (Å²) >= 11 is 0. The molecule has 1 heterocycles. The van der Waals surface area contributed by atoms with Gasteiger partial charge in [0.05, 0.1) is 26.2 Å². The third-order valence-electron chi connectivity index (χ3n) is 5.09. The van der Waals surface area contributed by atoms with Crippen molar-refractivity contribution in [1.29, 1.82) is 0 Å². The van der Waals surface area contributed by atoms with Crippen LogP contribution in [0.5, 0.6) is 0 Å². The highest BCUT2D eigenvalue weighted by Gasteiger charge is 2.18. The average Bonchev–Trinajstić information content (AvgIpc) is 3.17. The SMILES string of the molecule is C[NH+](C)C[C@H](NC(=O)c1ccc(Cn2nnc3ccccc32)cc1)c1ccccc1. The predicted octanol–water partition coefficient (Wildman–Crippen LogP) is 2.10. The Labute approximate surface area is 176 Å². The van der Waals surface area contributed by atoms with Gasteiger partial charge in [-0.2, -0.15) is 0 Å². The minimum absolute atomic E-state index is 0.0371. The van der Waals surface area contributed by atoms with Gasteiger partial charge in [0.25, 0.3) is 5.91 Å². The summed E-state index contributed by atoms with van der Waals surface area (Å²) < 4.78 is 1.87. The number of benzene rings is 3. The molecule has 0 aliphatic heterocycles. The van der Waals surface area contributed by atoms with Crippen LogP contribution in [0.15, 0.2) is 78.9 Å². The highest BCUT2D eigenvalue weighted by molar-refractivity contribution is 5.94. The summed E-state index contributed by atoms with van der Waals surface area (Å²) in [5, 5.41) is 11.6. The van der Waals surface area contributed by atoms with Gasteiger partial charge in [-0.15, -0.1) is 5.10 Å². The molecule has 0 saturated heterocycles. The Balaban J connectivity index is 1.47. The first kappa shape index (κ1) is 19.8. The molecule has 1 aromatic heterocycles. The minimum Gasteiger partial charge on any atom is -0.340 e. The molecule has 0 spiro atoms. The molecule has 1 amide bonds. The molecule has 0 fully saturated rings. The quantitative estimate of drug-likeness (QED) is 0.499. The maximum absolute atomic E-state index is 12.9. The van der Waals surface area contributed by atoms with Crippen LogP contribution in [0.25, 0.3) is 11.0 Å². The van der Waals surface area contributed by atoms with Crippen molar-refractivity contribution in [2.24, 2.45) is 0 Å². The van der Waals surface area contributed by atoms with Crippen molar-refractivity contribution < 1.29 is 9.69 Å². The maximum Gasteiger partial charge on any atom is 0.251 e. The van der Waals surface area contributed by atoms with Crippen molar-refractivity contribution in [3.63, 3.8) is 0 Å². The highest BCUT2D eigenvalue weighted by Crippen LogP contribution is 2.15. The summed E-state index contributed by atoms with van der Waals surface area (Å²) in [5.41, 5.74) is 4.71. The standard InChI is InChI=1S/C24H25N5O/c1-28(2)17-22(19-8-4-3-5-9-19)25-24(30)20-14-12-18(13-15-20)16-29-23-11-7-6-10-21(23)26-27-29/h3-15,22H,16-17H2,1-2H3,(H,25,30)/p+1/t22-/m0/s1. The van der Waals surface area contributed by atoms with Gasteiger partial charge in [0.1, 0.15) is 18.1 Å². The Hall–Kier alpha value is -3.51. The van der Waals surface area contributed by atoms with Crippen LogP contribution < -0.4 is 10.2 Å². The number of quaternary nitrogens is 1. The second-order valence-corrected chi connectivity index (χ2v) is 7.78. The number of nitrogens with zero attached hydrogens (tertiary/aromatic N) is 3. The van der Waals surface area contributed by atoms with Crippen molar-refractivity contribution in [3.8, 4) is 0 Å². The Morgan fingerprint density at radius 2 is 1.67 bits per heavy atom. The molecule has 2 N–H and O–H groups in total. The molecule has 1 atom stereocenters. The molecular weight excluding hydrogens is 374 g/mol. The Morgan fingerprint density at radius 3 is 2.40 bits per heavy atom. The molecule has 0 aliphatic rings. The van der Waals surface area contributed by atoms with E-state index in [0.29, 0.717) is 12.1 Å². The van der Waals surface area contributed by atoms with Crippen LogP contribution in [0.1, 0.15) is 27.5 Å². The molecule has 0 bridgehead atoms. The molecule has 0 aliphatic carbocycles. The summed E-state index contributed by atoms with van der Waals surface area (Å²) in [6, 6.07) is 25.6. The first-order valence-corrected chi connectivity index (χ1v) is 10.1. The summed E-state index contributed by atoms with van der Waals surface area (Å²) in [7, 11) is 4.18. The van der Waals surface area contributed by atoms with Crippen LogP contribution in [-0.4, -0.2) is 41.5 Å². The number of likely N-dealkylation sites (N-methyl/N-ethyl adjacent to an activating group) is 1. The second kappa shape index (κ2) is 8.88. The van der Waals surface area contributed by atoms with Crippen LogP contribution in [0.3, 0.4) is 0 Å². The Morgan fingerprint density at radius 1 is 0.967 bits per heavy atom. The fourth-order valence-electron chi connectivity index (χ4n) is 3.56. The van der Waals surface area contributed by atoms with E-state index in [-0.39, 0.29) is 11.9 Å². The normalized spacial score (nSPS) is 12.2. The van der Waals surface area contributed by atoms with Crippen LogP contribution in [-0.2, 0) is 6.54 Å². The number of hydrogen-bond acceptors (Lipinski definition) is 3. The first-order chi connectivity index (χ1) is 14.6. The van der Waals surface area contributed by atoms with Crippen LogP contribution in [0.2, 0.25) is 0 Å². The molecule has 152 valence electrons. The monoisotopic (exact) mass is 400 g/mol. The average molecular weight is 401 g/mol. The van der Waals surface area contributed by atoms with Gasteiger partial charge in [-0.1, -0.05) is 59.8 Å². The lowest BCUT2D eigenvalue weighted by atomic mass is 10.1. The Bertz CT molecular complexity index is 1120. The number of hydrogen-bond donors (Lipinski definition) is 2. The molecule has 0 unspecified atom stereocenters. The molecule has 6 nitrogen and oxygen atoms in total. The topological polar surface area (TPSA) is 64.2 Å². The van der Waals surface area contributed by atoms with Gasteiger partial charge in [-0.3, -0.25) is 4.79 Å². The van der Waals surface area contributed by atoms with Gasteiger partial charge in [-0.05, 0) is 35.4 Å². The van der Waals surface area contributed by atoms with Crippen molar-refractivity contribution in [1.82, 2.24) is 20.3 Å². The fourth-order valence-corrected chi connectivity index (χ4v) is 3.56. The van der Waals surface area contributed by atoms with E-state index in [9.17, 15) is 4.79 Å². The van der Waals surface area contributed by atoms with E-state index in [1.54, 1.807) is 0 Å². The van der Waals surface area contributed by atoms with Gasteiger partial charge in [0.15, 0.2) is 0 Å². The van der Waals surface area contributed by atoms with Gasteiger partial charge >= 0.3 is 0 Å². The first-order valence-electron chi connectivity index (χ1n) is 10.1. The third kappa shape index (κ3) is 4.55. The van der Waals surface area contributed by atoms with Crippen molar-refractivity contribution in [2.45, 2.75) is 12.6 Å². The zero-order chi connectivity index (χ0) is 20.9. The van der Waals surface area contributed by atoms with Gasteiger partial charge in [0.2, 0.25) is 0 Å². The summed E-state index contributed by atoms with van der Waals surface area (Å²) in [4.78, 5) is 14.1. The molecule has 4 aromatic rings. The van der Waals surface area contributed by atoms with E-state index < -0.39 is 0 Å². The number of para-hydroxylation sites is 1. The molecule has 3 aromatic carbocycles. The number of carbonyl (C=O) groups excluding carboxylic acids is 1. The van der Waals surface area contributed by atoms with Gasteiger partial charge < -0.3 is 10.2 Å². The predicted molar refractivity (Wildman–Crippen MR) is 117 cm³/mol. The van der Waals surface area contributed by atoms with Crippen molar-refractivity contribution in [2.75, 3.05) is 20.6 Å². The number of rotatable bonds is 7.